The van der Waals surface area contributed by atoms with Crippen molar-refractivity contribution in [2.45, 2.75) is 10.1 Å². The Morgan fingerprint density at radius 1 is 1.04 bits per heavy atom. The van der Waals surface area contributed by atoms with Gasteiger partial charge >= 0.3 is 0 Å². The van der Waals surface area contributed by atoms with E-state index < -0.39 is 0 Å². The third-order valence-electron chi connectivity index (χ3n) is 3.83. The van der Waals surface area contributed by atoms with Gasteiger partial charge in [0.15, 0.2) is 10.9 Å². The minimum atomic E-state index is -0.251. The first-order valence-electron chi connectivity index (χ1n) is 8.23. The predicted molar refractivity (Wildman–Crippen MR) is 103 cm³/mol. The zero-order chi connectivity index (χ0) is 18.6. The van der Waals surface area contributed by atoms with Gasteiger partial charge in [0.05, 0.1) is 5.69 Å². The van der Waals surface area contributed by atoms with Gasteiger partial charge in [0.1, 0.15) is 6.33 Å². The maximum atomic E-state index is 12.4. The number of rotatable bonds is 5. The summed E-state index contributed by atoms with van der Waals surface area (Å²) in [6.07, 6.45) is 3.43. The van der Waals surface area contributed by atoms with E-state index in [9.17, 15) is 4.79 Å². The molecule has 0 spiro atoms. The fourth-order valence-electron chi connectivity index (χ4n) is 2.44. The zero-order valence-electron chi connectivity index (χ0n) is 14.5. The van der Waals surface area contributed by atoms with E-state index in [1.54, 1.807) is 23.3 Å². The molecule has 0 aliphatic rings. The third-order valence-corrected chi connectivity index (χ3v) is 4.89. The summed E-state index contributed by atoms with van der Waals surface area (Å²) in [4.78, 5) is 13.4. The molecule has 0 aliphatic carbocycles. The minimum Gasteiger partial charge on any atom is -0.321 e. The Balaban J connectivity index is 1.42. The Hall–Kier alpha value is -3.39. The van der Waals surface area contributed by atoms with Crippen molar-refractivity contribution in [1.82, 2.24) is 24.5 Å². The van der Waals surface area contributed by atoms with Gasteiger partial charge in [-0.15, -0.1) is 10.2 Å². The van der Waals surface area contributed by atoms with Crippen LogP contribution in [0, 0.1) is 0 Å². The second kappa shape index (κ2) is 7.46. The number of aromatic nitrogens is 5. The number of nitrogens with zero attached hydrogens (tertiary/aromatic N) is 5. The smallest absolute Gasteiger partial charge is 0.276 e. The number of hydrogen-bond donors (Lipinski definition) is 1. The summed E-state index contributed by atoms with van der Waals surface area (Å²) in [5.41, 5.74) is 1.97. The van der Waals surface area contributed by atoms with E-state index >= 15 is 0 Å². The van der Waals surface area contributed by atoms with Crippen molar-refractivity contribution < 1.29 is 4.79 Å². The summed E-state index contributed by atoms with van der Waals surface area (Å²) in [6, 6.07) is 18.9. The molecule has 2 aromatic heterocycles. The van der Waals surface area contributed by atoms with Crippen LogP contribution in [0.4, 0.5) is 5.69 Å². The molecule has 134 valence electrons. The van der Waals surface area contributed by atoms with Gasteiger partial charge in [-0.3, -0.25) is 4.79 Å². The molecule has 1 N–H and O–H groups in total. The Labute approximate surface area is 160 Å². The summed E-state index contributed by atoms with van der Waals surface area (Å²) in [7, 11) is 1.89. The van der Waals surface area contributed by atoms with E-state index in [0.29, 0.717) is 11.4 Å². The lowest BCUT2D eigenvalue weighted by Gasteiger charge is -2.05. The molecule has 0 unspecified atom stereocenters. The molecule has 27 heavy (non-hydrogen) atoms. The van der Waals surface area contributed by atoms with Crippen LogP contribution >= 0.6 is 11.8 Å². The molecule has 0 saturated carbocycles. The molecule has 0 atom stereocenters. The Morgan fingerprint density at radius 2 is 1.81 bits per heavy atom. The van der Waals surface area contributed by atoms with Crippen molar-refractivity contribution in [2.24, 2.45) is 7.05 Å². The highest BCUT2D eigenvalue weighted by molar-refractivity contribution is 7.99. The highest BCUT2D eigenvalue weighted by Gasteiger charge is 2.11. The fraction of sp³-hybridized carbons (Fsp3) is 0.0526. The number of nitrogens with one attached hydrogen (secondary N) is 1. The number of aryl methyl sites for hydroxylation is 1. The molecule has 0 aliphatic heterocycles. The second-order valence-corrected chi connectivity index (χ2v) is 6.83. The zero-order valence-corrected chi connectivity index (χ0v) is 15.3. The van der Waals surface area contributed by atoms with Gasteiger partial charge in [-0.1, -0.05) is 18.2 Å². The van der Waals surface area contributed by atoms with Gasteiger partial charge in [0, 0.05) is 23.8 Å². The monoisotopic (exact) mass is 376 g/mol. The van der Waals surface area contributed by atoms with Crippen LogP contribution in [0.5, 0.6) is 0 Å². The quantitative estimate of drug-likeness (QED) is 0.578. The van der Waals surface area contributed by atoms with Crippen molar-refractivity contribution in [3.05, 3.63) is 78.9 Å². The molecule has 0 saturated heterocycles. The number of para-hydroxylation sites is 1. The fourth-order valence-corrected chi connectivity index (χ4v) is 3.20. The van der Waals surface area contributed by atoms with Crippen LogP contribution in [0.3, 0.4) is 0 Å². The summed E-state index contributed by atoms with van der Waals surface area (Å²) in [5, 5.41) is 15.9. The molecule has 2 aromatic carbocycles. The number of carbonyl (C=O) groups excluding carboxylic acids is 1. The highest BCUT2D eigenvalue weighted by atomic mass is 32.2. The average molecular weight is 376 g/mol. The topological polar surface area (TPSA) is 77.6 Å². The molecule has 0 fully saturated rings. The maximum absolute atomic E-state index is 12.4. The number of amides is 1. The van der Waals surface area contributed by atoms with Crippen LogP contribution in [-0.2, 0) is 7.05 Å². The molecule has 0 bridgehead atoms. The first-order chi connectivity index (χ1) is 13.2. The lowest BCUT2D eigenvalue weighted by atomic mass is 10.3. The molecule has 2 heterocycles. The lowest BCUT2D eigenvalue weighted by molar-refractivity contribution is 0.102. The Bertz CT molecular complexity index is 1060. The SMILES string of the molecule is Cn1cnnc1Sc1ccc(NC(=O)c2ccn(-c3ccccc3)n2)cc1. The minimum absolute atomic E-state index is 0.251. The van der Waals surface area contributed by atoms with Crippen molar-refractivity contribution in [1.29, 1.82) is 0 Å². The average Bonchev–Trinajstić information content (AvgIpc) is 3.34. The molecule has 8 heteroatoms. The largest absolute Gasteiger partial charge is 0.321 e. The van der Waals surface area contributed by atoms with Crippen LogP contribution in [0.15, 0.2) is 83.2 Å². The van der Waals surface area contributed by atoms with Crippen LogP contribution < -0.4 is 5.32 Å². The number of carbonyl (C=O) groups is 1. The van der Waals surface area contributed by atoms with E-state index in [-0.39, 0.29) is 5.91 Å². The van der Waals surface area contributed by atoms with Gasteiger partial charge in [-0.25, -0.2) is 4.68 Å². The summed E-state index contributed by atoms with van der Waals surface area (Å²) >= 11 is 1.51. The molecule has 4 aromatic rings. The summed E-state index contributed by atoms with van der Waals surface area (Å²) < 4.78 is 3.53. The van der Waals surface area contributed by atoms with Gasteiger partial charge < -0.3 is 9.88 Å². The Morgan fingerprint density at radius 3 is 2.52 bits per heavy atom. The first-order valence-corrected chi connectivity index (χ1v) is 9.05. The van der Waals surface area contributed by atoms with Crippen molar-refractivity contribution in [3.8, 4) is 5.69 Å². The molecule has 4 rings (SSSR count). The predicted octanol–water partition coefficient (Wildman–Crippen LogP) is 3.40. The molecular formula is C19H16N6OS. The molecule has 7 nitrogen and oxygen atoms in total. The Kier molecular flexibility index (Phi) is 4.71. The van der Waals surface area contributed by atoms with E-state index in [0.717, 1.165) is 15.7 Å². The van der Waals surface area contributed by atoms with E-state index in [4.69, 9.17) is 0 Å². The van der Waals surface area contributed by atoms with Crippen LogP contribution in [0.2, 0.25) is 0 Å². The van der Waals surface area contributed by atoms with Gasteiger partial charge in [-0.2, -0.15) is 5.10 Å². The molecule has 0 radical (unpaired) electrons. The van der Waals surface area contributed by atoms with Gasteiger partial charge in [-0.05, 0) is 54.2 Å². The van der Waals surface area contributed by atoms with Crippen molar-refractivity contribution in [2.75, 3.05) is 5.32 Å². The number of anilines is 1. The number of hydrogen-bond acceptors (Lipinski definition) is 5. The molecular weight excluding hydrogens is 360 g/mol. The summed E-state index contributed by atoms with van der Waals surface area (Å²) in [5.74, 6) is -0.251. The van der Waals surface area contributed by atoms with Crippen molar-refractivity contribution >= 4 is 23.4 Å². The highest BCUT2D eigenvalue weighted by Crippen LogP contribution is 2.26. The standard InChI is InChI=1S/C19H16N6OS/c1-24-13-20-22-19(24)27-16-9-7-14(8-10-16)21-18(26)17-11-12-25(23-17)15-5-3-2-4-6-15/h2-13H,1H3,(H,21,26). The van der Waals surface area contributed by atoms with E-state index in [1.165, 1.54) is 11.8 Å². The molecule has 1 amide bonds. The maximum Gasteiger partial charge on any atom is 0.276 e. The van der Waals surface area contributed by atoms with Gasteiger partial charge in [0.2, 0.25) is 0 Å². The summed E-state index contributed by atoms with van der Waals surface area (Å²) in [6.45, 7) is 0. The van der Waals surface area contributed by atoms with Gasteiger partial charge in [0.25, 0.3) is 5.91 Å². The normalized spacial score (nSPS) is 10.7. The van der Waals surface area contributed by atoms with Crippen molar-refractivity contribution in [3.63, 3.8) is 0 Å². The van der Waals surface area contributed by atoms with E-state index in [2.05, 4.69) is 20.6 Å². The van der Waals surface area contributed by atoms with Crippen LogP contribution in [0.1, 0.15) is 10.5 Å². The first kappa shape index (κ1) is 17.0. The van der Waals surface area contributed by atoms with Crippen LogP contribution in [-0.4, -0.2) is 30.5 Å². The third kappa shape index (κ3) is 3.90. The van der Waals surface area contributed by atoms with Crippen LogP contribution in [0.25, 0.3) is 5.69 Å². The second-order valence-electron chi connectivity index (χ2n) is 5.79. The lowest BCUT2D eigenvalue weighted by Crippen LogP contribution is -2.13. The number of benzene rings is 2. The van der Waals surface area contributed by atoms with E-state index in [1.807, 2.05) is 66.2 Å².